The smallest absolute Gasteiger partial charge is 0.251 e. The molecule has 0 aliphatic carbocycles. The summed E-state index contributed by atoms with van der Waals surface area (Å²) in [6, 6.07) is 18.1. The van der Waals surface area contributed by atoms with Gasteiger partial charge in [0.25, 0.3) is 5.91 Å². The number of amides is 1. The van der Waals surface area contributed by atoms with Crippen LogP contribution in [0.3, 0.4) is 0 Å². The van der Waals surface area contributed by atoms with Gasteiger partial charge in [0.2, 0.25) is 0 Å². The highest BCUT2D eigenvalue weighted by molar-refractivity contribution is 5.94. The summed E-state index contributed by atoms with van der Waals surface area (Å²) >= 11 is 0. The molecule has 3 rings (SSSR count). The van der Waals surface area contributed by atoms with Gasteiger partial charge in [0.05, 0.1) is 6.04 Å². The molecule has 1 amide bonds. The van der Waals surface area contributed by atoms with Crippen LogP contribution in [-0.4, -0.2) is 23.9 Å². The molecule has 3 heteroatoms. The largest absolute Gasteiger partial charge is 0.346 e. The molecule has 1 N–H and O–H groups in total. The van der Waals surface area contributed by atoms with Crippen molar-refractivity contribution in [3.63, 3.8) is 0 Å². The van der Waals surface area contributed by atoms with Gasteiger partial charge in [-0.1, -0.05) is 49.4 Å². The van der Waals surface area contributed by atoms with Crippen LogP contribution in [0.4, 0.5) is 0 Å². The molecule has 132 valence electrons. The van der Waals surface area contributed by atoms with Crippen LogP contribution >= 0.6 is 0 Å². The van der Waals surface area contributed by atoms with Crippen LogP contribution in [0.2, 0.25) is 0 Å². The molecule has 2 atom stereocenters. The maximum atomic E-state index is 12.5. The van der Waals surface area contributed by atoms with E-state index < -0.39 is 0 Å². The molecule has 0 aromatic heterocycles. The highest BCUT2D eigenvalue weighted by atomic mass is 16.1. The molecule has 1 heterocycles. The number of piperidine rings is 1. The normalized spacial score (nSPS) is 19.4. The average Bonchev–Trinajstić information content (AvgIpc) is 2.63. The summed E-state index contributed by atoms with van der Waals surface area (Å²) in [4.78, 5) is 15.0. The summed E-state index contributed by atoms with van der Waals surface area (Å²) in [5.41, 5.74) is 3.12. The fraction of sp³-hybridized carbons (Fsp3) is 0.409. The summed E-state index contributed by atoms with van der Waals surface area (Å²) in [6.07, 6.45) is 2.63. The zero-order valence-corrected chi connectivity index (χ0v) is 15.2. The van der Waals surface area contributed by atoms with Gasteiger partial charge in [-0.2, -0.15) is 0 Å². The van der Waals surface area contributed by atoms with Crippen LogP contribution in [0.15, 0.2) is 54.6 Å². The van der Waals surface area contributed by atoms with Crippen LogP contribution in [0.25, 0.3) is 0 Å². The Bertz CT molecular complexity index is 681. The summed E-state index contributed by atoms with van der Waals surface area (Å²) in [7, 11) is 0. The minimum Gasteiger partial charge on any atom is -0.346 e. The van der Waals surface area contributed by atoms with Crippen LogP contribution in [0, 0.1) is 5.92 Å². The standard InChI is InChI=1S/C22H28N2O/c1-17-7-6-14-24(15-17)16-19-10-12-21(13-11-19)22(25)23-18(2)20-8-4-3-5-9-20/h3-5,8-13,17-18H,6-7,14-16H2,1-2H3,(H,23,25)/t17-,18-/m1/s1. The molecule has 2 aromatic carbocycles. The third-order valence-electron chi connectivity index (χ3n) is 5.01. The van der Waals surface area contributed by atoms with E-state index >= 15 is 0 Å². The molecule has 0 radical (unpaired) electrons. The Labute approximate surface area is 151 Å². The number of nitrogens with zero attached hydrogens (tertiary/aromatic N) is 1. The summed E-state index contributed by atoms with van der Waals surface area (Å²) in [5, 5.41) is 3.07. The maximum Gasteiger partial charge on any atom is 0.251 e. The predicted molar refractivity (Wildman–Crippen MR) is 102 cm³/mol. The monoisotopic (exact) mass is 336 g/mol. The number of hydrogen-bond acceptors (Lipinski definition) is 2. The Morgan fingerprint density at radius 1 is 1.16 bits per heavy atom. The number of carbonyl (C=O) groups is 1. The lowest BCUT2D eigenvalue weighted by atomic mass is 9.99. The molecule has 0 unspecified atom stereocenters. The van der Waals surface area contributed by atoms with Gasteiger partial charge >= 0.3 is 0 Å². The number of nitrogens with one attached hydrogen (secondary N) is 1. The quantitative estimate of drug-likeness (QED) is 0.877. The predicted octanol–water partition coefficient (Wildman–Crippen LogP) is 4.41. The molecule has 1 fully saturated rings. The van der Waals surface area contributed by atoms with Crippen LogP contribution < -0.4 is 5.32 Å². The van der Waals surface area contributed by atoms with Crippen molar-refractivity contribution in [2.75, 3.05) is 13.1 Å². The zero-order valence-electron chi connectivity index (χ0n) is 15.2. The molecule has 0 saturated carbocycles. The van der Waals surface area contributed by atoms with Crippen molar-refractivity contribution in [3.8, 4) is 0 Å². The topological polar surface area (TPSA) is 32.3 Å². The number of hydrogen-bond donors (Lipinski definition) is 1. The van der Waals surface area contributed by atoms with Gasteiger partial charge in [-0.05, 0) is 55.5 Å². The van der Waals surface area contributed by atoms with Crippen molar-refractivity contribution in [1.82, 2.24) is 10.2 Å². The molecule has 1 aliphatic rings. The third kappa shape index (κ3) is 4.93. The Morgan fingerprint density at radius 3 is 2.56 bits per heavy atom. The second-order valence-electron chi connectivity index (χ2n) is 7.29. The Morgan fingerprint density at radius 2 is 1.88 bits per heavy atom. The zero-order chi connectivity index (χ0) is 17.6. The number of carbonyl (C=O) groups excluding carboxylic acids is 1. The van der Waals surface area contributed by atoms with Gasteiger partial charge in [-0.15, -0.1) is 0 Å². The molecule has 0 spiro atoms. The highest BCUT2D eigenvalue weighted by Gasteiger charge is 2.16. The summed E-state index contributed by atoms with van der Waals surface area (Å²) < 4.78 is 0. The minimum absolute atomic E-state index is 0.00298. The SMILES string of the molecule is C[C@@H]1CCCN(Cc2ccc(C(=O)N[C@H](C)c3ccccc3)cc2)C1. The molecule has 2 aromatic rings. The van der Waals surface area contributed by atoms with E-state index in [1.807, 2.05) is 49.4 Å². The van der Waals surface area contributed by atoms with E-state index in [4.69, 9.17) is 0 Å². The molecule has 1 aliphatic heterocycles. The fourth-order valence-corrected chi connectivity index (χ4v) is 3.56. The Hall–Kier alpha value is -2.13. The summed E-state index contributed by atoms with van der Waals surface area (Å²) in [5.74, 6) is 0.771. The minimum atomic E-state index is -0.0190. The lowest BCUT2D eigenvalue weighted by Gasteiger charge is -2.30. The van der Waals surface area contributed by atoms with Gasteiger partial charge in [0.15, 0.2) is 0 Å². The lowest BCUT2D eigenvalue weighted by Crippen LogP contribution is -2.33. The first-order valence-corrected chi connectivity index (χ1v) is 9.29. The van der Waals surface area contributed by atoms with Crippen LogP contribution in [0.1, 0.15) is 54.2 Å². The van der Waals surface area contributed by atoms with Gasteiger partial charge in [0, 0.05) is 18.7 Å². The first-order chi connectivity index (χ1) is 12.1. The van der Waals surface area contributed by atoms with Gasteiger partial charge < -0.3 is 5.32 Å². The van der Waals surface area contributed by atoms with E-state index in [1.54, 1.807) is 0 Å². The van der Waals surface area contributed by atoms with Crippen LogP contribution in [0.5, 0.6) is 0 Å². The van der Waals surface area contributed by atoms with Crippen molar-refractivity contribution >= 4 is 5.91 Å². The van der Waals surface area contributed by atoms with Crippen molar-refractivity contribution < 1.29 is 4.79 Å². The number of benzene rings is 2. The lowest BCUT2D eigenvalue weighted by molar-refractivity contribution is 0.0940. The second kappa shape index (κ2) is 8.30. The number of likely N-dealkylation sites (tertiary alicyclic amines) is 1. The Kier molecular flexibility index (Phi) is 5.87. The van der Waals surface area contributed by atoms with E-state index in [1.165, 1.54) is 31.5 Å². The van der Waals surface area contributed by atoms with E-state index in [9.17, 15) is 4.79 Å². The average molecular weight is 336 g/mol. The Balaban J connectivity index is 1.57. The van der Waals surface area contributed by atoms with Crippen molar-refractivity contribution in [3.05, 3.63) is 71.3 Å². The molecule has 25 heavy (non-hydrogen) atoms. The molecule has 0 bridgehead atoms. The molecular formula is C22H28N2O. The highest BCUT2D eigenvalue weighted by Crippen LogP contribution is 2.18. The van der Waals surface area contributed by atoms with Gasteiger partial charge in [-0.3, -0.25) is 9.69 Å². The summed E-state index contributed by atoms with van der Waals surface area (Å²) in [6.45, 7) is 7.68. The molecule has 1 saturated heterocycles. The van der Waals surface area contributed by atoms with Crippen molar-refractivity contribution in [2.24, 2.45) is 5.92 Å². The number of rotatable bonds is 5. The first-order valence-electron chi connectivity index (χ1n) is 9.29. The van der Waals surface area contributed by atoms with E-state index in [-0.39, 0.29) is 11.9 Å². The maximum absolute atomic E-state index is 12.5. The second-order valence-corrected chi connectivity index (χ2v) is 7.29. The van der Waals surface area contributed by atoms with Crippen LogP contribution in [-0.2, 0) is 6.54 Å². The van der Waals surface area contributed by atoms with Crippen molar-refractivity contribution in [1.29, 1.82) is 0 Å². The van der Waals surface area contributed by atoms with E-state index in [0.717, 1.165) is 23.6 Å². The van der Waals surface area contributed by atoms with E-state index in [0.29, 0.717) is 0 Å². The van der Waals surface area contributed by atoms with E-state index in [2.05, 4.69) is 29.3 Å². The van der Waals surface area contributed by atoms with Gasteiger partial charge in [0.1, 0.15) is 0 Å². The van der Waals surface area contributed by atoms with Gasteiger partial charge in [-0.25, -0.2) is 0 Å². The molecular weight excluding hydrogens is 308 g/mol. The first kappa shape index (κ1) is 17.7. The molecule has 3 nitrogen and oxygen atoms in total. The fourth-order valence-electron chi connectivity index (χ4n) is 3.56. The third-order valence-corrected chi connectivity index (χ3v) is 5.01. The van der Waals surface area contributed by atoms with Crippen molar-refractivity contribution in [2.45, 2.75) is 39.3 Å².